The van der Waals surface area contributed by atoms with Gasteiger partial charge in [-0.25, -0.2) is 4.79 Å². The van der Waals surface area contributed by atoms with E-state index in [1.807, 2.05) is 39.8 Å². The van der Waals surface area contributed by atoms with Crippen molar-refractivity contribution in [1.82, 2.24) is 15.2 Å². The first kappa shape index (κ1) is 39.9. The number of pyridine rings is 1. The highest BCUT2D eigenvalue weighted by Gasteiger charge is 2.37. The molecule has 0 aliphatic carbocycles. The summed E-state index contributed by atoms with van der Waals surface area (Å²) in [4.78, 5) is 23.3. The number of aromatic nitrogens is 1. The van der Waals surface area contributed by atoms with Gasteiger partial charge in [-0.1, -0.05) is 86.1 Å². The number of benzene rings is 3. The lowest BCUT2D eigenvalue weighted by Gasteiger charge is -2.41. The van der Waals surface area contributed by atoms with Crippen molar-refractivity contribution in [2.24, 2.45) is 5.41 Å². The molecule has 54 heavy (non-hydrogen) atoms. The van der Waals surface area contributed by atoms with Crippen molar-refractivity contribution < 1.29 is 14.6 Å². The number of carbonyl (C=O) groups is 1. The SMILES string of the molecule is Cc1cccc(Cl)c1CN1CCc2cc(-c3c(CNCCCc4ccccc4)nc(C)c([C@H](OC(C)(C)C)C(=O)O)c3N3CCC(C)(C)CC3)ccc2C1. The van der Waals surface area contributed by atoms with E-state index in [9.17, 15) is 9.90 Å². The maximum absolute atomic E-state index is 13.2. The predicted octanol–water partition coefficient (Wildman–Crippen LogP) is 9.87. The van der Waals surface area contributed by atoms with Crippen molar-refractivity contribution in [2.45, 2.75) is 112 Å². The normalized spacial score (nSPS) is 16.6. The Balaban J connectivity index is 1.41. The molecule has 1 saturated heterocycles. The molecule has 1 fully saturated rings. The summed E-state index contributed by atoms with van der Waals surface area (Å²) in [5.41, 5.74) is 11.3. The summed E-state index contributed by atoms with van der Waals surface area (Å²) in [6, 6.07) is 23.6. The predicted molar refractivity (Wildman–Crippen MR) is 221 cm³/mol. The Labute approximate surface area is 328 Å². The first-order valence-electron chi connectivity index (χ1n) is 19.7. The molecule has 0 bridgehead atoms. The molecule has 6 rings (SSSR count). The highest BCUT2D eigenvalue weighted by Crippen LogP contribution is 2.45. The summed E-state index contributed by atoms with van der Waals surface area (Å²) < 4.78 is 6.40. The zero-order chi connectivity index (χ0) is 38.6. The Kier molecular flexibility index (Phi) is 12.5. The van der Waals surface area contributed by atoms with Gasteiger partial charge in [-0.3, -0.25) is 9.88 Å². The number of anilines is 1. The number of piperidine rings is 1. The monoisotopic (exact) mass is 750 g/mol. The molecule has 1 atom stereocenters. The topological polar surface area (TPSA) is 77.9 Å². The van der Waals surface area contributed by atoms with Crippen molar-refractivity contribution in [3.05, 3.63) is 117 Å². The van der Waals surface area contributed by atoms with Gasteiger partial charge in [-0.2, -0.15) is 0 Å². The molecule has 3 heterocycles. The van der Waals surface area contributed by atoms with Gasteiger partial charge in [0.2, 0.25) is 0 Å². The van der Waals surface area contributed by atoms with E-state index in [0.717, 1.165) is 98.9 Å². The molecule has 8 heteroatoms. The lowest BCUT2D eigenvalue weighted by molar-refractivity contribution is -0.160. The number of rotatable bonds is 13. The third kappa shape index (κ3) is 9.72. The first-order valence-corrected chi connectivity index (χ1v) is 20.1. The first-order chi connectivity index (χ1) is 25.7. The Morgan fingerprint density at radius 1 is 1.00 bits per heavy atom. The highest BCUT2D eigenvalue weighted by molar-refractivity contribution is 6.31. The van der Waals surface area contributed by atoms with Crippen LogP contribution < -0.4 is 10.2 Å². The van der Waals surface area contributed by atoms with Crippen molar-refractivity contribution in [3.63, 3.8) is 0 Å². The molecule has 0 radical (unpaired) electrons. The number of ether oxygens (including phenoxy) is 1. The summed E-state index contributed by atoms with van der Waals surface area (Å²) in [7, 11) is 0. The quantitative estimate of drug-likeness (QED) is 0.132. The van der Waals surface area contributed by atoms with Gasteiger partial charge in [0.25, 0.3) is 0 Å². The zero-order valence-electron chi connectivity index (χ0n) is 33.4. The number of aryl methyl sites for hydroxylation is 3. The van der Waals surface area contributed by atoms with Crippen molar-refractivity contribution in [3.8, 4) is 11.1 Å². The number of carboxylic acids is 1. The molecule has 0 unspecified atom stereocenters. The van der Waals surface area contributed by atoms with Gasteiger partial charge in [0, 0.05) is 61.1 Å². The van der Waals surface area contributed by atoms with E-state index >= 15 is 0 Å². The fourth-order valence-corrected chi connectivity index (χ4v) is 8.30. The molecular weight excluding hydrogens is 692 g/mol. The molecule has 2 N–H and O–H groups in total. The van der Waals surface area contributed by atoms with Crippen molar-refractivity contribution in [1.29, 1.82) is 0 Å². The smallest absolute Gasteiger partial charge is 0.337 e. The van der Waals surface area contributed by atoms with Crippen LogP contribution in [0.3, 0.4) is 0 Å². The van der Waals surface area contributed by atoms with Crippen LogP contribution in [0.25, 0.3) is 11.1 Å². The van der Waals surface area contributed by atoms with E-state index in [2.05, 4.69) is 90.5 Å². The number of nitrogens with one attached hydrogen (secondary N) is 1. The van der Waals surface area contributed by atoms with Crippen LogP contribution in [0.4, 0.5) is 5.69 Å². The summed E-state index contributed by atoms with van der Waals surface area (Å²) in [5, 5.41) is 15.3. The maximum Gasteiger partial charge on any atom is 0.337 e. The van der Waals surface area contributed by atoms with Crippen LogP contribution in [0.5, 0.6) is 0 Å². The minimum Gasteiger partial charge on any atom is -0.479 e. The molecule has 288 valence electrons. The second kappa shape index (κ2) is 16.9. The standard InChI is InChI=1S/C46H59ClN4O3/c1-31-13-11-17-38(47)37(31)30-50-24-20-34-27-35(18-19-36(34)29-50)41-39(28-48-23-12-16-33-14-9-8-10-15-33)49-32(2)40(43(44(52)53)54-45(3,4)5)42(41)51-25-21-46(6,7)22-26-51/h8-11,13-15,17-19,27,43,48H,12,16,20-26,28-30H2,1-7H3,(H,52,53)/t43-/m0/s1. The average Bonchev–Trinajstić information content (AvgIpc) is 3.12. The number of fused-ring (bicyclic) bond motifs is 1. The Bertz CT molecular complexity index is 1910. The van der Waals surface area contributed by atoms with Gasteiger partial charge >= 0.3 is 5.97 Å². The Morgan fingerprint density at radius 2 is 1.74 bits per heavy atom. The third-order valence-electron chi connectivity index (χ3n) is 11.1. The summed E-state index contributed by atoms with van der Waals surface area (Å²) >= 11 is 6.64. The zero-order valence-corrected chi connectivity index (χ0v) is 34.2. The van der Waals surface area contributed by atoms with Gasteiger partial charge in [0.1, 0.15) is 0 Å². The molecule has 3 aromatic carbocycles. The van der Waals surface area contributed by atoms with Crippen LogP contribution in [0.1, 0.15) is 105 Å². The van der Waals surface area contributed by atoms with Crippen molar-refractivity contribution >= 4 is 23.3 Å². The largest absolute Gasteiger partial charge is 0.479 e. The number of carboxylic acid groups (broad SMARTS) is 1. The number of hydrogen-bond acceptors (Lipinski definition) is 6. The highest BCUT2D eigenvalue weighted by atomic mass is 35.5. The molecule has 7 nitrogen and oxygen atoms in total. The molecule has 4 aromatic rings. The lowest BCUT2D eigenvalue weighted by atomic mass is 9.81. The average molecular weight is 751 g/mol. The maximum atomic E-state index is 13.2. The molecule has 0 amide bonds. The molecule has 0 saturated carbocycles. The third-order valence-corrected chi connectivity index (χ3v) is 11.5. The number of hydrogen-bond donors (Lipinski definition) is 2. The van der Waals surface area contributed by atoms with Gasteiger partial charge < -0.3 is 20.1 Å². The van der Waals surface area contributed by atoms with Crippen LogP contribution in [0.2, 0.25) is 5.02 Å². The fourth-order valence-electron chi connectivity index (χ4n) is 8.02. The fraction of sp³-hybridized carbons (Fsp3) is 0.478. The van der Waals surface area contributed by atoms with Crippen LogP contribution in [0, 0.1) is 19.3 Å². The minimum atomic E-state index is -1.16. The molecule has 0 spiro atoms. The van der Waals surface area contributed by atoms with E-state index in [0.29, 0.717) is 17.8 Å². The van der Waals surface area contributed by atoms with Crippen molar-refractivity contribution in [2.75, 3.05) is 31.1 Å². The van der Waals surface area contributed by atoms with Crippen LogP contribution in [0.15, 0.2) is 66.7 Å². The van der Waals surface area contributed by atoms with Crippen LogP contribution in [-0.2, 0) is 42.0 Å². The van der Waals surface area contributed by atoms with Crippen LogP contribution in [-0.4, -0.2) is 52.7 Å². The Hall–Kier alpha value is -3.75. The Morgan fingerprint density at radius 3 is 2.43 bits per heavy atom. The molecule has 2 aliphatic rings. The number of halogens is 1. The van der Waals surface area contributed by atoms with E-state index in [4.69, 9.17) is 21.3 Å². The van der Waals surface area contributed by atoms with Gasteiger partial charge in [0.05, 0.1) is 17.0 Å². The summed E-state index contributed by atoms with van der Waals surface area (Å²) in [5.74, 6) is -0.995. The van der Waals surface area contributed by atoms with E-state index in [1.54, 1.807) is 0 Å². The van der Waals surface area contributed by atoms with Gasteiger partial charge in [-0.05, 0) is 118 Å². The van der Waals surface area contributed by atoms with Gasteiger partial charge in [-0.15, -0.1) is 0 Å². The minimum absolute atomic E-state index is 0.219. The molecule has 1 aromatic heterocycles. The second-order valence-corrected chi connectivity index (χ2v) is 17.5. The second-order valence-electron chi connectivity index (χ2n) is 17.1. The molecule has 2 aliphatic heterocycles. The summed E-state index contributed by atoms with van der Waals surface area (Å²) in [6.07, 6.45) is 3.81. The number of nitrogens with zero attached hydrogens (tertiary/aromatic N) is 3. The van der Waals surface area contributed by atoms with Gasteiger partial charge in [0.15, 0.2) is 6.10 Å². The van der Waals surface area contributed by atoms with E-state index < -0.39 is 17.7 Å². The molecular formula is C46H59ClN4O3. The number of aliphatic carboxylic acids is 1. The van der Waals surface area contributed by atoms with E-state index in [-0.39, 0.29) is 5.41 Å². The summed E-state index contributed by atoms with van der Waals surface area (Å²) in [6.45, 7) is 20.2. The van der Waals surface area contributed by atoms with Crippen LogP contribution >= 0.6 is 11.6 Å². The van der Waals surface area contributed by atoms with E-state index in [1.165, 1.54) is 27.8 Å². The lowest BCUT2D eigenvalue weighted by Crippen LogP contribution is -2.39.